The van der Waals surface area contributed by atoms with Crippen molar-refractivity contribution in [3.8, 4) is 0 Å². The number of sulfone groups is 1. The second-order valence-electron chi connectivity index (χ2n) is 6.20. The minimum atomic E-state index is -3.68. The summed E-state index contributed by atoms with van der Waals surface area (Å²) in [5.41, 5.74) is 1.82. The summed E-state index contributed by atoms with van der Waals surface area (Å²) in [4.78, 5) is 12.3. The number of hydrogen-bond donors (Lipinski definition) is 1. The zero-order chi connectivity index (χ0) is 19.0. The van der Waals surface area contributed by atoms with Gasteiger partial charge in [0.15, 0.2) is 9.84 Å². The molecule has 0 aliphatic carbocycles. The van der Waals surface area contributed by atoms with Gasteiger partial charge in [0.2, 0.25) is 0 Å². The van der Waals surface area contributed by atoms with Gasteiger partial charge in [-0.05, 0) is 31.0 Å². The van der Waals surface area contributed by atoms with Crippen molar-refractivity contribution in [1.82, 2.24) is 5.32 Å². The van der Waals surface area contributed by atoms with Crippen LogP contribution in [-0.2, 0) is 21.2 Å². The maximum Gasteiger partial charge on any atom is 0.408 e. The average molecular weight is 375 g/mol. The largest absolute Gasteiger partial charge is 0.445 e. The highest BCUT2D eigenvalue weighted by molar-refractivity contribution is 7.92. The van der Waals surface area contributed by atoms with Crippen LogP contribution in [0.4, 0.5) is 4.79 Å². The predicted octanol–water partition coefficient (Wildman–Crippen LogP) is 4.21. The number of hydrogen-bond acceptors (Lipinski definition) is 4. The smallest absolute Gasteiger partial charge is 0.408 e. The van der Waals surface area contributed by atoms with E-state index in [1.807, 2.05) is 44.2 Å². The van der Waals surface area contributed by atoms with Crippen molar-refractivity contribution in [3.05, 3.63) is 65.7 Å². The Hall–Kier alpha value is -2.34. The molecule has 0 spiro atoms. The van der Waals surface area contributed by atoms with Gasteiger partial charge in [0.05, 0.1) is 4.90 Å². The summed E-state index contributed by atoms with van der Waals surface area (Å²) in [5.74, 6) is 0. The van der Waals surface area contributed by atoms with E-state index in [9.17, 15) is 13.2 Å². The van der Waals surface area contributed by atoms with Gasteiger partial charge < -0.3 is 10.1 Å². The average Bonchev–Trinajstić information content (AvgIpc) is 2.64. The predicted molar refractivity (Wildman–Crippen MR) is 101 cm³/mol. The number of unbranched alkanes of at least 4 members (excludes halogenated alkanes) is 1. The van der Waals surface area contributed by atoms with Gasteiger partial charge in [-0.1, -0.05) is 67.8 Å². The highest BCUT2D eigenvalue weighted by Crippen LogP contribution is 2.19. The fourth-order valence-corrected chi connectivity index (χ4v) is 4.06. The van der Waals surface area contributed by atoms with Gasteiger partial charge in [-0.15, -0.1) is 0 Å². The summed E-state index contributed by atoms with van der Waals surface area (Å²) in [6.07, 6.45) is 1.13. The number of rotatable bonds is 8. The molecule has 0 aromatic heterocycles. The molecule has 2 rings (SSSR count). The molecule has 6 heteroatoms. The van der Waals surface area contributed by atoms with E-state index in [1.165, 1.54) is 0 Å². The monoisotopic (exact) mass is 375 g/mol. The zero-order valence-corrected chi connectivity index (χ0v) is 16.0. The molecular formula is C20H25NO4S. The first-order valence-corrected chi connectivity index (χ1v) is 10.3. The van der Waals surface area contributed by atoms with Crippen molar-refractivity contribution in [2.75, 3.05) is 0 Å². The fourth-order valence-electron chi connectivity index (χ4n) is 2.48. The minimum absolute atomic E-state index is 0.0950. The van der Waals surface area contributed by atoms with E-state index < -0.39 is 21.3 Å². The van der Waals surface area contributed by atoms with E-state index in [-0.39, 0.29) is 11.5 Å². The van der Waals surface area contributed by atoms with Gasteiger partial charge in [-0.3, -0.25) is 0 Å². The maximum atomic E-state index is 12.9. The SMILES string of the molecule is CCCCC(NC(=O)OCc1ccccc1)S(=O)(=O)c1ccc(C)cc1. The van der Waals surface area contributed by atoms with Crippen molar-refractivity contribution in [3.63, 3.8) is 0 Å². The summed E-state index contributed by atoms with van der Waals surface area (Å²) in [5, 5.41) is 1.52. The first-order chi connectivity index (χ1) is 12.4. The van der Waals surface area contributed by atoms with Crippen molar-refractivity contribution in [1.29, 1.82) is 0 Å². The van der Waals surface area contributed by atoms with Gasteiger partial charge >= 0.3 is 6.09 Å². The summed E-state index contributed by atoms with van der Waals surface area (Å²) >= 11 is 0. The van der Waals surface area contributed by atoms with Crippen LogP contribution in [0.15, 0.2) is 59.5 Å². The number of benzene rings is 2. The van der Waals surface area contributed by atoms with Crippen LogP contribution in [0.3, 0.4) is 0 Å². The Morgan fingerprint density at radius 1 is 1.08 bits per heavy atom. The normalized spacial score (nSPS) is 12.4. The van der Waals surface area contributed by atoms with Crippen LogP contribution in [-0.4, -0.2) is 19.9 Å². The number of ether oxygens (including phenoxy) is 1. The highest BCUT2D eigenvalue weighted by atomic mass is 32.2. The Labute approximate surface area is 155 Å². The Morgan fingerprint density at radius 2 is 1.73 bits per heavy atom. The molecule has 1 unspecified atom stereocenters. The van der Waals surface area contributed by atoms with Gasteiger partial charge in [0.25, 0.3) is 0 Å². The molecule has 0 aliphatic rings. The molecule has 5 nitrogen and oxygen atoms in total. The molecule has 0 aliphatic heterocycles. The Kier molecular flexibility index (Phi) is 7.21. The lowest BCUT2D eigenvalue weighted by atomic mass is 10.2. The van der Waals surface area contributed by atoms with Crippen LogP contribution in [0, 0.1) is 6.92 Å². The highest BCUT2D eigenvalue weighted by Gasteiger charge is 2.29. The van der Waals surface area contributed by atoms with E-state index in [0.29, 0.717) is 12.8 Å². The third-order valence-electron chi connectivity index (χ3n) is 4.04. The third kappa shape index (κ3) is 5.59. The Bertz CT molecular complexity index is 801. The number of carbonyl (C=O) groups excluding carboxylic acids is 1. The van der Waals surface area contributed by atoms with E-state index in [1.54, 1.807) is 24.3 Å². The van der Waals surface area contributed by atoms with Crippen LogP contribution in [0.2, 0.25) is 0 Å². The second kappa shape index (κ2) is 9.38. The van der Waals surface area contributed by atoms with Gasteiger partial charge in [-0.25, -0.2) is 13.2 Å². The molecule has 0 fully saturated rings. The second-order valence-corrected chi connectivity index (χ2v) is 8.33. The van der Waals surface area contributed by atoms with Crippen molar-refractivity contribution >= 4 is 15.9 Å². The van der Waals surface area contributed by atoms with E-state index in [4.69, 9.17) is 4.74 Å². The lowest BCUT2D eigenvalue weighted by molar-refractivity contribution is 0.138. The standard InChI is InChI=1S/C20H25NO4S/c1-3-4-10-19(26(23,24)18-13-11-16(2)12-14-18)21-20(22)25-15-17-8-6-5-7-9-17/h5-9,11-14,19H,3-4,10,15H2,1-2H3,(H,21,22). The summed E-state index contributed by atoms with van der Waals surface area (Å²) in [6.45, 7) is 3.96. The topological polar surface area (TPSA) is 72.5 Å². The van der Waals surface area contributed by atoms with Crippen LogP contribution in [0.1, 0.15) is 37.3 Å². The Balaban J connectivity index is 2.08. The molecule has 0 saturated heterocycles. The Morgan fingerprint density at radius 3 is 2.35 bits per heavy atom. The van der Waals surface area contributed by atoms with E-state index >= 15 is 0 Å². The molecule has 0 radical (unpaired) electrons. The summed E-state index contributed by atoms with van der Waals surface area (Å²) in [7, 11) is -3.68. The number of aryl methyl sites for hydroxylation is 1. The van der Waals surface area contributed by atoms with Gasteiger partial charge in [0, 0.05) is 0 Å². The fraction of sp³-hybridized carbons (Fsp3) is 0.350. The molecule has 1 N–H and O–H groups in total. The molecule has 26 heavy (non-hydrogen) atoms. The van der Waals surface area contributed by atoms with E-state index in [2.05, 4.69) is 5.32 Å². The molecule has 140 valence electrons. The van der Waals surface area contributed by atoms with Crippen molar-refractivity contribution < 1.29 is 17.9 Å². The van der Waals surface area contributed by atoms with Crippen molar-refractivity contribution in [2.24, 2.45) is 0 Å². The van der Waals surface area contributed by atoms with Crippen molar-refractivity contribution in [2.45, 2.75) is 50.0 Å². The van der Waals surface area contributed by atoms with Crippen LogP contribution < -0.4 is 5.32 Å². The molecule has 0 heterocycles. The maximum absolute atomic E-state index is 12.9. The molecule has 1 atom stereocenters. The summed E-state index contributed by atoms with van der Waals surface area (Å²) < 4.78 is 31.0. The molecular weight excluding hydrogens is 350 g/mol. The number of carbonyl (C=O) groups is 1. The van der Waals surface area contributed by atoms with Gasteiger partial charge in [0.1, 0.15) is 12.0 Å². The first kappa shape index (κ1) is 20.0. The van der Waals surface area contributed by atoms with Gasteiger partial charge in [-0.2, -0.15) is 0 Å². The lowest BCUT2D eigenvalue weighted by Gasteiger charge is -2.19. The number of alkyl carbamates (subject to hydrolysis) is 1. The molecule has 1 amide bonds. The minimum Gasteiger partial charge on any atom is -0.445 e. The van der Waals surface area contributed by atoms with Crippen LogP contribution in [0.25, 0.3) is 0 Å². The third-order valence-corrected chi connectivity index (χ3v) is 6.07. The number of amides is 1. The molecule has 2 aromatic carbocycles. The lowest BCUT2D eigenvalue weighted by Crippen LogP contribution is -2.41. The first-order valence-electron chi connectivity index (χ1n) is 8.71. The van der Waals surface area contributed by atoms with Crippen LogP contribution >= 0.6 is 0 Å². The van der Waals surface area contributed by atoms with Crippen LogP contribution in [0.5, 0.6) is 0 Å². The molecule has 0 bridgehead atoms. The quantitative estimate of drug-likeness (QED) is 0.750. The molecule has 2 aromatic rings. The zero-order valence-electron chi connectivity index (χ0n) is 15.1. The van der Waals surface area contributed by atoms with E-state index in [0.717, 1.165) is 17.5 Å². The summed E-state index contributed by atoms with van der Waals surface area (Å²) in [6, 6.07) is 15.9. The number of nitrogens with one attached hydrogen (secondary N) is 1. The molecule has 0 saturated carbocycles.